The van der Waals surface area contributed by atoms with Crippen LogP contribution >= 0.6 is 0 Å². The van der Waals surface area contributed by atoms with Crippen LogP contribution in [0.2, 0.25) is 0 Å². The topological polar surface area (TPSA) is 92.9 Å². The van der Waals surface area contributed by atoms with Gasteiger partial charge in [0.15, 0.2) is 5.89 Å². The van der Waals surface area contributed by atoms with Crippen LogP contribution in [-0.4, -0.2) is 52.7 Å². The van der Waals surface area contributed by atoms with E-state index in [2.05, 4.69) is 4.98 Å². The largest absolute Gasteiger partial charge is 0.480 e. The number of aliphatic carboxylic acids is 1. The van der Waals surface area contributed by atoms with E-state index in [1.807, 2.05) is 0 Å². The van der Waals surface area contributed by atoms with Gasteiger partial charge in [-0.25, -0.2) is 9.78 Å². The third-order valence-corrected chi connectivity index (χ3v) is 3.27. The Bertz CT molecular complexity index is 503. The summed E-state index contributed by atoms with van der Waals surface area (Å²) in [5.41, 5.74) is 0.594. The van der Waals surface area contributed by atoms with Crippen molar-refractivity contribution in [1.29, 1.82) is 0 Å². The SMILES string of the molecule is Cc1nc(C)c(C(=O)N2CCC(OCC(=O)O)CC2)o1. The van der Waals surface area contributed by atoms with E-state index in [-0.39, 0.29) is 24.4 Å². The second kappa shape index (κ2) is 6.04. The van der Waals surface area contributed by atoms with Crippen LogP contribution in [0.15, 0.2) is 4.42 Å². The van der Waals surface area contributed by atoms with Gasteiger partial charge in [0.2, 0.25) is 5.76 Å². The van der Waals surface area contributed by atoms with Crippen LogP contribution in [0.5, 0.6) is 0 Å². The fourth-order valence-corrected chi connectivity index (χ4v) is 2.29. The number of rotatable bonds is 4. The van der Waals surface area contributed by atoms with Crippen LogP contribution in [0, 0.1) is 13.8 Å². The molecule has 20 heavy (non-hydrogen) atoms. The number of aromatic nitrogens is 1. The lowest BCUT2D eigenvalue weighted by Gasteiger charge is -2.31. The molecule has 1 aliphatic heterocycles. The summed E-state index contributed by atoms with van der Waals surface area (Å²) < 4.78 is 10.6. The number of nitrogens with zero attached hydrogens (tertiary/aromatic N) is 2. The molecule has 0 saturated carbocycles. The van der Waals surface area contributed by atoms with Crippen molar-refractivity contribution in [3.8, 4) is 0 Å². The average molecular weight is 282 g/mol. The van der Waals surface area contributed by atoms with Crippen molar-refractivity contribution in [2.45, 2.75) is 32.8 Å². The number of aryl methyl sites for hydroxylation is 2. The first-order valence-corrected chi connectivity index (χ1v) is 6.54. The molecule has 1 amide bonds. The van der Waals surface area contributed by atoms with E-state index in [9.17, 15) is 9.59 Å². The number of oxazole rings is 1. The molecule has 2 heterocycles. The summed E-state index contributed by atoms with van der Waals surface area (Å²) in [5.74, 6) is -0.381. The summed E-state index contributed by atoms with van der Waals surface area (Å²) in [6.45, 7) is 4.21. The van der Waals surface area contributed by atoms with Crippen molar-refractivity contribution in [1.82, 2.24) is 9.88 Å². The highest BCUT2D eigenvalue weighted by Crippen LogP contribution is 2.18. The van der Waals surface area contributed by atoms with Gasteiger partial charge in [-0.05, 0) is 19.8 Å². The number of carboxylic acids is 1. The predicted molar refractivity (Wildman–Crippen MR) is 68.5 cm³/mol. The van der Waals surface area contributed by atoms with E-state index in [1.54, 1.807) is 18.7 Å². The molecule has 0 aromatic carbocycles. The lowest BCUT2D eigenvalue weighted by molar-refractivity contribution is -0.145. The Morgan fingerprint density at radius 3 is 2.55 bits per heavy atom. The molecule has 0 bridgehead atoms. The number of carbonyl (C=O) groups is 2. The number of carbonyl (C=O) groups excluding carboxylic acids is 1. The first-order chi connectivity index (χ1) is 9.47. The van der Waals surface area contributed by atoms with Gasteiger partial charge in [-0.2, -0.15) is 0 Å². The van der Waals surface area contributed by atoms with Crippen molar-refractivity contribution in [3.63, 3.8) is 0 Å². The minimum atomic E-state index is -0.976. The van der Waals surface area contributed by atoms with Crippen LogP contribution < -0.4 is 0 Å². The zero-order valence-corrected chi connectivity index (χ0v) is 11.6. The molecule has 0 unspecified atom stereocenters. The highest BCUT2D eigenvalue weighted by atomic mass is 16.5. The van der Waals surface area contributed by atoms with Crippen LogP contribution in [0.25, 0.3) is 0 Å². The predicted octanol–water partition coefficient (Wildman–Crippen LogP) is 0.997. The number of hydrogen-bond acceptors (Lipinski definition) is 5. The monoisotopic (exact) mass is 282 g/mol. The van der Waals surface area contributed by atoms with Crippen LogP contribution in [0.4, 0.5) is 0 Å². The zero-order chi connectivity index (χ0) is 14.7. The van der Waals surface area contributed by atoms with E-state index in [4.69, 9.17) is 14.3 Å². The van der Waals surface area contributed by atoms with Crippen molar-refractivity contribution in [3.05, 3.63) is 17.3 Å². The molecule has 0 atom stereocenters. The maximum absolute atomic E-state index is 12.3. The van der Waals surface area contributed by atoms with Crippen molar-refractivity contribution in [2.24, 2.45) is 0 Å². The number of carboxylic acid groups (broad SMARTS) is 1. The molecule has 2 rings (SSSR count). The van der Waals surface area contributed by atoms with Gasteiger partial charge in [0.25, 0.3) is 5.91 Å². The Hall–Kier alpha value is -1.89. The molecule has 0 aliphatic carbocycles. The lowest BCUT2D eigenvalue weighted by Crippen LogP contribution is -2.41. The fraction of sp³-hybridized carbons (Fsp3) is 0.615. The Kier molecular flexibility index (Phi) is 4.39. The molecule has 1 aliphatic rings. The van der Waals surface area contributed by atoms with E-state index in [1.165, 1.54) is 0 Å². The average Bonchev–Trinajstić information content (AvgIpc) is 2.75. The Balaban J connectivity index is 1.89. The molecule has 1 saturated heterocycles. The van der Waals surface area contributed by atoms with E-state index in [0.717, 1.165) is 0 Å². The quantitative estimate of drug-likeness (QED) is 0.885. The van der Waals surface area contributed by atoms with Crippen molar-refractivity contribution < 1.29 is 23.8 Å². The molecule has 1 N–H and O–H groups in total. The van der Waals surface area contributed by atoms with Crippen molar-refractivity contribution >= 4 is 11.9 Å². The first kappa shape index (κ1) is 14.5. The molecule has 110 valence electrons. The molecule has 1 fully saturated rings. The summed E-state index contributed by atoms with van der Waals surface area (Å²) >= 11 is 0. The maximum Gasteiger partial charge on any atom is 0.329 e. The number of piperidine rings is 1. The molecular formula is C13H18N2O5. The highest BCUT2D eigenvalue weighted by Gasteiger charge is 2.27. The van der Waals surface area contributed by atoms with E-state index in [0.29, 0.717) is 37.5 Å². The lowest BCUT2D eigenvalue weighted by atomic mass is 10.1. The molecule has 1 aromatic rings. The summed E-state index contributed by atoms with van der Waals surface area (Å²) in [6, 6.07) is 0. The fourth-order valence-electron chi connectivity index (χ4n) is 2.29. The molecule has 7 heteroatoms. The summed E-state index contributed by atoms with van der Waals surface area (Å²) in [5, 5.41) is 8.56. The normalized spacial score (nSPS) is 16.4. The Labute approximate surface area is 116 Å². The van der Waals surface area contributed by atoms with Gasteiger partial charge in [-0.15, -0.1) is 0 Å². The first-order valence-electron chi connectivity index (χ1n) is 6.54. The van der Waals surface area contributed by atoms with Gasteiger partial charge in [0, 0.05) is 20.0 Å². The number of ether oxygens (including phenoxy) is 1. The van der Waals surface area contributed by atoms with Gasteiger partial charge in [0.1, 0.15) is 6.61 Å². The summed E-state index contributed by atoms with van der Waals surface area (Å²) in [6.07, 6.45) is 1.16. The standard InChI is InChI=1S/C13H18N2O5/c1-8-12(20-9(2)14-8)13(18)15-5-3-10(4-6-15)19-7-11(16)17/h10H,3-7H2,1-2H3,(H,16,17). The van der Waals surface area contributed by atoms with Crippen LogP contribution in [0.1, 0.15) is 35.0 Å². The molecular weight excluding hydrogens is 264 g/mol. The smallest absolute Gasteiger partial charge is 0.329 e. The molecule has 1 aromatic heterocycles. The molecule has 7 nitrogen and oxygen atoms in total. The van der Waals surface area contributed by atoms with Gasteiger partial charge in [-0.1, -0.05) is 0 Å². The highest BCUT2D eigenvalue weighted by molar-refractivity contribution is 5.92. The summed E-state index contributed by atoms with van der Waals surface area (Å²) in [7, 11) is 0. The van der Waals surface area contributed by atoms with Gasteiger partial charge >= 0.3 is 5.97 Å². The van der Waals surface area contributed by atoms with Crippen molar-refractivity contribution in [2.75, 3.05) is 19.7 Å². The van der Waals surface area contributed by atoms with Gasteiger partial charge in [-0.3, -0.25) is 4.79 Å². The maximum atomic E-state index is 12.3. The number of amides is 1. The molecule has 0 radical (unpaired) electrons. The number of hydrogen-bond donors (Lipinski definition) is 1. The third-order valence-electron chi connectivity index (χ3n) is 3.27. The minimum Gasteiger partial charge on any atom is -0.480 e. The van der Waals surface area contributed by atoms with E-state index >= 15 is 0 Å². The zero-order valence-electron chi connectivity index (χ0n) is 11.6. The molecule has 0 spiro atoms. The Morgan fingerprint density at radius 2 is 2.05 bits per heavy atom. The minimum absolute atomic E-state index is 0.104. The third kappa shape index (κ3) is 3.36. The Morgan fingerprint density at radius 1 is 1.40 bits per heavy atom. The number of likely N-dealkylation sites (tertiary alicyclic amines) is 1. The summed E-state index contributed by atoms with van der Waals surface area (Å²) in [4.78, 5) is 28.5. The van der Waals surface area contributed by atoms with Crippen LogP contribution in [-0.2, 0) is 9.53 Å². The second-order valence-electron chi connectivity index (χ2n) is 4.84. The van der Waals surface area contributed by atoms with Gasteiger partial charge < -0.3 is 19.2 Å². The second-order valence-corrected chi connectivity index (χ2v) is 4.84. The van der Waals surface area contributed by atoms with Gasteiger partial charge in [0.05, 0.1) is 11.8 Å². The van der Waals surface area contributed by atoms with Crippen LogP contribution in [0.3, 0.4) is 0 Å². The van der Waals surface area contributed by atoms with E-state index < -0.39 is 5.97 Å².